The number of nitrogens with zero attached hydrogens (tertiary/aromatic N) is 4. The maximum Gasteiger partial charge on any atom is 0.272 e. The van der Waals surface area contributed by atoms with Crippen LogP contribution < -0.4 is 10.9 Å². The van der Waals surface area contributed by atoms with Crippen LogP contribution in [0.1, 0.15) is 33.8 Å². The second-order valence-electron chi connectivity index (χ2n) is 7.31. The van der Waals surface area contributed by atoms with Crippen LogP contribution in [0.5, 0.6) is 0 Å². The van der Waals surface area contributed by atoms with E-state index in [1.807, 2.05) is 0 Å². The zero-order valence-corrected chi connectivity index (χ0v) is 16.3. The number of pyridine rings is 1. The number of rotatable bonds is 2. The Morgan fingerprint density at radius 2 is 2.13 bits per heavy atom. The number of anilines is 1. The lowest BCUT2D eigenvalue weighted by atomic mass is 9.83. The minimum Gasteiger partial charge on any atom is -0.332 e. The number of hydrogen-bond donors (Lipinski definition) is 1. The van der Waals surface area contributed by atoms with Crippen molar-refractivity contribution in [3.8, 4) is 0 Å². The number of nitrogens with one attached hydrogen (secondary N) is 1. The van der Waals surface area contributed by atoms with Crippen molar-refractivity contribution in [3.63, 3.8) is 0 Å². The van der Waals surface area contributed by atoms with Crippen LogP contribution in [0.15, 0.2) is 34.8 Å². The maximum atomic E-state index is 15.1. The number of likely N-dealkylation sites (tertiary alicyclic amines) is 1. The van der Waals surface area contributed by atoms with Crippen molar-refractivity contribution in [1.82, 2.24) is 19.3 Å². The number of carbonyl (C=O) groups excluding carboxylic acids is 2. The molecular formula is C19H15F2N5O3S. The highest BCUT2D eigenvalue weighted by Gasteiger charge is 2.48. The summed E-state index contributed by atoms with van der Waals surface area (Å²) in [4.78, 5) is 46.6. The number of aromatic nitrogens is 3. The lowest BCUT2D eigenvalue weighted by molar-refractivity contribution is -0.115. The van der Waals surface area contributed by atoms with Crippen molar-refractivity contribution >= 4 is 33.9 Å². The summed E-state index contributed by atoms with van der Waals surface area (Å²) in [6.07, 6.45) is 4.05. The molecule has 5 heterocycles. The summed E-state index contributed by atoms with van der Waals surface area (Å²) < 4.78 is 31.5. The number of hydrogen-bond acceptors (Lipinski definition) is 6. The molecular weight excluding hydrogens is 416 g/mol. The Hall–Kier alpha value is -3.21. The maximum absolute atomic E-state index is 15.1. The third-order valence-corrected chi connectivity index (χ3v) is 6.29. The van der Waals surface area contributed by atoms with Crippen LogP contribution in [-0.4, -0.2) is 50.1 Å². The molecule has 0 aliphatic carbocycles. The van der Waals surface area contributed by atoms with E-state index in [9.17, 15) is 14.4 Å². The van der Waals surface area contributed by atoms with Gasteiger partial charge >= 0.3 is 0 Å². The lowest BCUT2D eigenvalue weighted by Gasteiger charge is -2.39. The average molecular weight is 431 g/mol. The Labute approximate surface area is 172 Å². The van der Waals surface area contributed by atoms with E-state index in [1.54, 1.807) is 5.38 Å². The molecule has 8 nitrogen and oxygen atoms in total. The van der Waals surface area contributed by atoms with Crippen molar-refractivity contribution in [2.24, 2.45) is 0 Å². The molecule has 1 saturated heterocycles. The molecule has 1 atom stereocenters. The van der Waals surface area contributed by atoms with Crippen LogP contribution in [0.4, 0.5) is 14.6 Å². The molecule has 0 radical (unpaired) electrons. The molecule has 2 aliphatic heterocycles. The zero-order chi connectivity index (χ0) is 21.0. The highest BCUT2D eigenvalue weighted by Crippen LogP contribution is 2.43. The molecule has 2 amide bonds. The monoisotopic (exact) mass is 431 g/mol. The van der Waals surface area contributed by atoms with Crippen molar-refractivity contribution < 1.29 is 18.4 Å². The topological polar surface area (TPSA) is 96.7 Å². The largest absolute Gasteiger partial charge is 0.332 e. The summed E-state index contributed by atoms with van der Waals surface area (Å²) in [6, 6.07) is 1.51. The van der Waals surface area contributed by atoms with Crippen LogP contribution in [0.2, 0.25) is 0 Å². The van der Waals surface area contributed by atoms with Gasteiger partial charge in [0.2, 0.25) is 5.91 Å². The van der Waals surface area contributed by atoms with Crippen molar-refractivity contribution in [1.29, 1.82) is 0 Å². The Kier molecular flexibility index (Phi) is 4.17. The van der Waals surface area contributed by atoms with Crippen LogP contribution in [0.25, 0.3) is 4.96 Å². The standard InChI is InChI=1S/C19H15F2N5O3S/c20-19(21)9-25(16(28)12-8-23-18-26(17(12)29)5-6-30-18)4-2-13(19)10-1-3-22-15-11(10)7-14(27)24-15/h1,3,5-6,8,13H,2,4,7,9H2,(H,22,24,27). The van der Waals surface area contributed by atoms with E-state index in [1.165, 1.54) is 34.2 Å². The molecule has 3 aromatic rings. The minimum absolute atomic E-state index is 0.00115. The van der Waals surface area contributed by atoms with Crippen LogP contribution >= 0.6 is 11.3 Å². The number of thiazole rings is 1. The summed E-state index contributed by atoms with van der Waals surface area (Å²) in [6.45, 7) is -0.760. The molecule has 1 unspecified atom stereocenters. The van der Waals surface area contributed by atoms with Gasteiger partial charge in [-0.1, -0.05) is 0 Å². The first-order chi connectivity index (χ1) is 14.3. The van der Waals surface area contributed by atoms with Crippen LogP contribution in [0, 0.1) is 0 Å². The first-order valence-electron chi connectivity index (χ1n) is 9.25. The molecule has 30 heavy (non-hydrogen) atoms. The summed E-state index contributed by atoms with van der Waals surface area (Å²) in [5, 5.41) is 4.23. The third-order valence-electron chi connectivity index (χ3n) is 5.52. The van der Waals surface area contributed by atoms with Gasteiger partial charge in [0.15, 0.2) is 4.96 Å². The Morgan fingerprint density at radius 3 is 2.93 bits per heavy atom. The number of amides is 2. The molecule has 11 heteroatoms. The highest BCUT2D eigenvalue weighted by molar-refractivity contribution is 7.15. The van der Waals surface area contributed by atoms with E-state index < -0.39 is 29.9 Å². The summed E-state index contributed by atoms with van der Waals surface area (Å²) >= 11 is 1.24. The van der Waals surface area contributed by atoms with Crippen molar-refractivity contribution in [2.45, 2.75) is 24.7 Å². The van der Waals surface area contributed by atoms with Gasteiger partial charge in [-0.25, -0.2) is 18.7 Å². The highest BCUT2D eigenvalue weighted by atomic mass is 32.1. The molecule has 0 bridgehead atoms. The van der Waals surface area contributed by atoms with Crippen molar-refractivity contribution in [2.75, 3.05) is 18.4 Å². The molecule has 5 rings (SSSR count). The predicted molar refractivity (Wildman–Crippen MR) is 104 cm³/mol. The SMILES string of the molecule is O=C1Cc2c(C3CCN(C(=O)c4cnc5sccn5c4=O)CC3(F)F)ccnc2N1. The van der Waals surface area contributed by atoms with Gasteiger partial charge in [-0.15, -0.1) is 11.3 Å². The van der Waals surface area contributed by atoms with Gasteiger partial charge in [0, 0.05) is 36.1 Å². The van der Waals surface area contributed by atoms with Gasteiger partial charge in [-0.3, -0.25) is 18.8 Å². The van der Waals surface area contributed by atoms with E-state index in [4.69, 9.17) is 0 Å². The molecule has 0 aromatic carbocycles. The molecule has 3 aromatic heterocycles. The Morgan fingerprint density at radius 1 is 1.30 bits per heavy atom. The number of carbonyl (C=O) groups is 2. The molecule has 1 N–H and O–H groups in total. The number of alkyl halides is 2. The quantitative estimate of drug-likeness (QED) is 0.669. The Balaban J connectivity index is 1.43. The number of piperidine rings is 1. The van der Waals surface area contributed by atoms with E-state index in [-0.39, 0.29) is 30.9 Å². The second-order valence-corrected chi connectivity index (χ2v) is 8.19. The fraction of sp³-hybridized carbons (Fsp3) is 0.316. The number of fused-ring (bicyclic) bond motifs is 2. The second kappa shape index (κ2) is 6.66. The van der Waals surface area contributed by atoms with Crippen molar-refractivity contribution in [3.05, 3.63) is 57.1 Å². The van der Waals surface area contributed by atoms with Crippen LogP contribution in [-0.2, 0) is 11.2 Å². The number of halogens is 2. The average Bonchev–Trinajstić information content (AvgIpc) is 3.33. The third kappa shape index (κ3) is 2.88. The first-order valence-corrected chi connectivity index (χ1v) is 10.1. The zero-order valence-electron chi connectivity index (χ0n) is 15.5. The van der Waals surface area contributed by atoms with E-state index >= 15 is 8.78 Å². The predicted octanol–water partition coefficient (Wildman–Crippen LogP) is 1.91. The van der Waals surface area contributed by atoms with E-state index in [0.717, 1.165) is 11.1 Å². The normalized spacial score (nSPS) is 20.3. The van der Waals surface area contributed by atoms with E-state index in [2.05, 4.69) is 15.3 Å². The fourth-order valence-corrected chi connectivity index (χ4v) is 4.78. The molecule has 0 saturated carbocycles. The van der Waals surface area contributed by atoms with Gasteiger partial charge in [0.1, 0.15) is 11.4 Å². The van der Waals surface area contributed by atoms with Gasteiger partial charge < -0.3 is 10.2 Å². The van der Waals surface area contributed by atoms with Gasteiger partial charge in [-0.2, -0.15) is 0 Å². The van der Waals surface area contributed by atoms with Crippen LogP contribution in [0.3, 0.4) is 0 Å². The van der Waals surface area contributed by atoms with Gasteiger partial charge in [-0.05, 0) is 18.1 Å². The first kappa shape index (κ1) is 18.8. The summed E-state index contributed by atoms with van der Waals surface area (Å²) in [7, 11) is 0. The smallest absolute Gasteiger partial charge is 0.272 e. The minimum atomic E-state index is -3.23. The fourth-order valence-electron chi connectivity index (χ4n) is 4.10. The lowest BCUT2D eigenvalue weighted by Crippen LogP contribution is -2.50. The summed E-state index contributed by atoms with van der Waals surface area (Å²) in [5.74, 6) is -5.11. The molecule has 2 aliphatic rings. The van der Waals surface area contributed by atoms with Gasteiger partial charge in [0.05, 0.1) is 18.9 Å². The Bertz CT molecular complexity index is 1250. The summed E-state index contributed by atoms with van der Waals surface area (Å²) in [5.41, 5.74) is 0.0437. The molecule has 154 valence electrons. The van der Waals surface area contributed by atoms with Gasteiger partial charge in [0.25, 0.3) is 17.4 Å². The van der Waals surface area contributed by atoms with E-state index in [0.29, 0.717) is 21.9 Å². The molecule has 0 spiro atoms. The molecule has 1 fully saturated rings.